The molecular weight excluding hydrogens is 313 g/mol. The number of ether oxygens (including phenoxy) is 3. The van der Waals surface area contributed by atoms with Crippen LogP contribution >= 0.6 is 0 Å². The molecule has 0 saturated carbocycles. The van der Waals surface area contributed by atoms with E-state index in [1.54, 1.807) is 30.3 Å². The van der Waals surface area contributed by atoms with Crippen molar-refractivity contribution in [2.24, 2.45) is 0 Å². The average Bonchev–Trinajstić information content (AvgIpc) is 2.60. The van der Waals surface area contributed by atoms with Gasteiger partial charge in [-0.25, -0.2) is 4.39 Å². The monoisotopic (exact) mass is 331 g/mol. The van der Waals surface area contributed by atoms with Gasteiger partial charge in [0.1, 0.15) is 5.82 Å². The first-order chi connectivity index (χ1) is 11.6. The van der Waals surface area contributed by atoms with Gasteiger partial charge >= 0.3 is 0 Å². The highest BCUT2D eigenvalue weighted by Gasteiger charge is 2.14. The molecule has 0 atom stereocenters. The molecule has 0 spiro atoms. The van der Waals surface area contributed by atoms with Gasteiger partial charge in [-0.05, 0) is 30.3 Å². The molecule has 0 aromatic heterocycles. The lowest BCUT2D eigenvalue weighted by Gasteiger charge is -2.14. The number of amides is 1. The molecule has 24 heavy (non-hydrogen) atoms. The van der Waals surface area contributed by atoms with Crippen LogP contribution in [0.3, 0.4) is 0 Å². The molecule has 2 aromatic rings. The maximum absolute atomic E-state index is 13.5. The van der Waals surface area contributed by atoms with Gasteiger partial charge in [-0.2, -0.15) is 0 Å². The summed E-state index contributed by atoms with van der Waals surface area (Å²) in [6.45, 7) is 0. The second kappa shape index (κ2) is 8.01. The Hall–Kier alpha value is -3.02. The topological polar surface area (TPSA) is 56.8 Å². The summed E-state index contributed by atoms with van der Waals surface area (Å²) in [5, 5.41) is 2.47. The Balaban J connectivity index is 2.22. The van der Waals surface area contributed by atoms with Crippen molar-refractivity contribution in [2.45, 2.75) is 0 Å². The Kier molecular flexibility index (Phi) is 5.78. The molecule has 0 fully saturated rings. The van der Waals surface area contributed by atoms with Crippen molar-refractivity contribution < 1.29 is 23.4 Å². The maximum atomic E-state index is 13.5. The Morgan fingerprint density at radius 1 is 1.00 bits per heavy atom. The predicted molar refractivity (Wildman–Crippen MR) is 90.2 cm³/mol. The van der Waals surface area contributed by atoms with Gasteiger partial charge < -0.3 is 19.5 Å². The minimum Gasteiger partial charge on any atom is -0.493 e. The smallest absolute Gasteiger partial charge is 0.248 e. The van der Waals surface area contributed by atoms with Crippen LogP contribution in [0.5, 0.6) is 17.2 Å². The number of hydrogen-bond donors (Lipinski definition) is 1. The Labute approximate surface area is 139 Å². The van der Waals surface area contributed by atoms with Crippen molar-refractivity contribution in [3.63, 3.8) is 0 Å². The second-order valence-electron chi connectivity index (χ2n) is 4.73. The van der Waals surface area contributed by atoms with Crippen LogP contribution in [0.15, 0.2) is 42.5 Å². The summed E-state index contributed by atoms with van der Waals surface area (Å²) in [5.41, 5.74) is 0.741. The first kappa shape index (κ1) is 17.3. The van der Waals surface area contributed by atoms with E-state index in [1.807, 2.05) is 0 Å². The lowest BCUT2D eigenvalue weighted by Crippen LogP contribution is -2.09. The van der Waals surface area contributed by atoms with Crippen molar-refractivity contribution in [3.05, 3.63) is 53.9 Å². The third-order valence-corrected chi connectivity index (χ3v) is 3.28. The number of nitrogens with one attached hydrogen (secondary N) is 1. The van der Waals surface area contributed by atoms with Crippen LogP contribution in [0.25, 0.3) is 6.08 Å². The molecule has 1 N–H and O–H groups in total. The highest BCUT2D eigenvalue weighted by atomic mass is 19.1. The number of carbonyl (C=O) groups excluding carboxylic acids is 1. The molecule has 0 saturated heterocycles. The normalized spacial score (nSPS) is 10.5. The molecular formula is C18H18FNO4. The lowest BCUT2D eigenvalue weighted by molar-refractivity contribution is -0.111. The summed E-state index contributed by atoms with van der Waals surface area (Å²) in [7, 11) is 4.52. The van der Waals surface area contributed by atoms with Gasteiger partial charge in [-0.3, -0.25) is 4.79 Å². The number of rotatable bonds is 6. The number of benzene rings is 2. The van der Waals surface area contributed by atoms with E-state index >= 15 is 0 Å². The van der Waals surface area contributed by atoms with Crippen molar-refractivity contribution in [1.82, 2.24) is 0 Å². The summed E-state index contributed by atoms with van der Waals surface area (Å²) < 4.78 is 29.3. The van der Waals surface area contributed by atoms with Gasteiger partial charge in [-0.1, -0.05) is 12.1 Å². The quantitative estimate of drug-likeness (QED) is 0.823. The molecule has 5 nitrogen and oxygen atoms in total. The van der Waals surface area contributed by atoms with Crippen LogP contribution in [0.4, 0.5) is 10.1 Å². The van der Waals surface area contributed by atoms with Gasteiger partial charge in [0.2, 0.25) is 11.7 Å². The summed E-state index contributed by atoms with van der Waals surface area (Å²) in [5.74, 6) is 0.422. The van der Waals surface area contributed by atoms with Crippen molar-refractivity contribution >= 4 is 17.7 Å². The fourth-order valence-corrected chi connectivity index (χ4v) is 2.16. The predicted octanol–water partition coefficient (Wildman–Crippen LogP) is 3.50. The van der Waals surface area contributed by atoms with Gasteiger partial charge in [0.05, 0.1) is 27.0 Å². The van der Waals surface area contributed by atoms with Crippen molar-refractivity contribution in [3.8, 4) is 17.2 Å². The van der Waals surface area contributed by atoms with E-state index in [-0.39, 0.29) is 5.69 Å². The van der Waals surface area contributed by atoms with E-state index in [0.29, 0.717) is 22.8 Å². The van der Waals surface area contributed by atoms with E-state index in [1.165, 1.54) is 39.5 Å². The van der Waals surface area contributed by atoms with Crippen LogP contribution in [0.1, 0.15) is 5.56 Å². The molecule has 0 aliphatic rings. The molecule has 0 bridgehead atoms. The zero-order chi connectivity index (χ0) is 17.5. The first-order valence-corrected chi connectivity index (χ1v) is 7.13. The van der Waals surface area contributed by atoms with Crippen LogP contribution in [-0.2, 0) is 4.79 Å². The Morgan fingerprint density at radius 2 is 1.71 bits per heavy atom. The largest absolute Gasteiger partial charge is 0.493 e. The Morgan fingerprint density at radius 3 is 2.33 bits per heavy atom. The van der Waals surface area contributed by atoms with Gasteiger partial charge in [0, 0.05) is 11.6 Å². The van der Waals surface area contributed by atoms with Crippen LogP contribution < -0.4 is 19.5 Å². The minimum atomic E-state index is -0.497. The SMILES string of the molecule is COc1ccc(/C=C/C(=O)Nc2ccccc2F)c(OC)c1OC. The number of hydrogen-bond acceptors (Lipinski definition) is 4. The van der Waals surface area contributed by atoms with Crippen LogP contribution in [-0.4, -0.2) is 27.2 Å². The molecule has 6 heteroatoms. The van der Waals surface area contributed by atoms with Crippen LogP contribution in [0, 0.1) is 5.82 Å². The summed E-state index contributed by atoms with van der Waals surface area (Å²) in [6, 6.07) is 9.38. The molecule has 0 aliphatic carbocycles. The Bertz CT molecular complexity index is 759. The zero-order valence-corrected chi connectivity index (χ0v) is 13.6. The van der Waals surface area contributed by atoms with Gasteiger partial charge in [0.25, 0.3) is 0 Å². The molecule has 0 radical (unpaired) electrons. The zero-order valence-electron chi connectivity index (χ0n) is 13.6. The molecule has 2 aromatic carbocycles. The first-order valence-electron chi connectivity index (χ1n) is 7.13. The minimum absolute atomic E-state index is 0.117. The van der Waals surface area contributed by atoms with E-state index in [9.17, 15) is 9.18 Å². The summed E-state index contributed by atoms with van der Waals surface area (Å²) >= 11 is 0. The number of halogens is 1. The molecule has 0 unspecified atom stereocenters. The highest BCUT2D eigenvalue weighted by Crippen LogP contribution is 2.40. The number of para-hydroxylation sites is 1. The molecule has 0 heterocycles. The molecule has 126 valence electrons. The fraction of sp³-hybridized carbons (Fsp3) is 0.167. The van der Waals surface area contributed by atoms with E-state index in [2.05, 4.69) is 5.32 Å². The van der Waals surface area contributed by atoms with E-state index < -0.39 is 11.7 Å². The van der Waals surface area contributed by atoms with E-state index in [4.69, 9.17) is 14.2 Å². The number of carbonyl (C=O) groups is 1. The van der Waals surface area contributed by atoms with Crippen molar-refractivity contribution in [2.75, 3.05) is 26.6 Å². The third kappa shape index (κ3) is 3.84. The molecule has 2 rings (SSSR count). The van der Waals surface area contributed by atoms with Gasteiger partial charge in [-0.15, -0.1) is 0 Å². The molecule has 0 aliphatic heterocycles. The highest BCUT2D eigenvalue weighted by molar-refractivity contribution is 6.02. The lowest BCUT2D eigenvalue weighted by atomic mass is 10.1. The number of anilines is 1. The summed E-state index contributed by atoms with van der Waals surface area (Å²) in [4.78, 5) is 12.0. The summed E-state index contributed by atoms with van der Waals surface area (Å²) in [6.07, 6.45) is 2.84. The maximum Gasteiger partial charge on any atom is 0.248 e. The van der Waals surface area contributed by atoms with Gasteiger partial charge in [0.15, 0.2) is 11.5 Å². The fourth-order valence-electron chi connectivity index (χ4n) is 2.16. The molecule has 1 amide bonds. The average molecular weight is 331 g/mol. The van der Waals surface area contributed by atoms with E-state index in [0.717, 1.165) is 0 Å². The standard InChI is InChI=1S/C18H18FNO4/c1-22-15-10-8-12(17(23-2)18(15)24-3)9-11-16(21)20-14-7-5-4-6-13(14)19/h4-11H,1-3H3,(H,20,21)/b11-9+. The van der Waals surface area contributed by atoms with Crippen LogP contribution in [0.2, 0.25) is 0 Å². The third-order valence-electron chi connectivity index (χ3n) is 3.28. The number of methoxy groups -OCH3 is 3. The van der Waals surface area contributed by atoms with Crippen molar-refractivity contribution in [1.29, 1.82) is 0 Å². The second-order valence-corrected chi connectivity index (χ2v) is 4.73.